The molecule has 0 spiro atoms. The van der Waals surface area contributed by atoms with E-state index in [1.807, 2.05) is 6.92 Å². The van der Waals surface area contributed by atoms with Crippen LogP contribution >= 0.6 is 0 Å². The summed E-state index contributed by atoms with van der Waals surface area (Å²) >= 11 is 0. The summed E-state index contributed by atoms with van der Waals surface area (Å²) in [5.41, 5.74) is 1.84. The van der Waals surface area contributed by atoms with Crippen LogP contribution in [0, 0.1) is 11.8 Å². The maximum Gasteiger partial charge on any atom is 0.0173 e. The van der Waals surface area contributed by atoms with E-state index in [2.05, 4.69) is 54.4 Å². The van der Waals surface area contributed by atoms with Crippen LogP contribution in [-0.2, 0) is 5.41 Å². The number of hydrogen-bond acceptors (Lipinski definition) is 1. The molecule has 1 unspecified atom stereocenters. The van der Waals surface area contributed by atoms with E-state index in [1.54, 1.807) is 0 Å². The Bertz CT molecular complexity index is 460. The molecule has 0 aliphatic heterocycles. The zero-order chi connectivity index (χ0) is 15.0. The van der Waals surface area contributed by atoms with E-state index in [1.165, 1.54) is 37.7 Å². The van der Waals surface area contributed by atoms with Gasteiger partial charge in [0, 0.05) is 17.9 Å². The molecule has 21 heavy (non-hydrogen) atoms. The van der Waals surface area contributed by atoms with Crippen molar-refractivity contribution < 1.29 is 0 Å². The molecule has 1 saturated carbocycles. The highest BCUT2D eigenvalue weighted by Gasteiger charge is 2.40. The van der Waals surface area contributed by atoms with Crippen LogP contribution < -0.4 is 5.32 Å². The minimum Gasteiger partial charge on any atom is -0.313 e. The third-order valence-corrected chi connectivity index (χ3v) is 4.95. The molecule has 1 aliphatic rings. The molecular formula is C20H29N. The van der Waals surface area contributed by atoms with Gasteiger partial charge >= 0.3 is 0 Å². The monoisotopic (exact) mass is 283 g/mol. The molecule has 1 nitrogen and oxygen atoms in total. The van der Waals surface area contributed by atoms with E-state index < -0.39 is 0 Å². The molecule has 0 heterocycles. The second-order valence-electron chi connectivity index (χ2n) is 6.16. The lowest BCUT2D eigenvalue weighted by Gasteiger charge is -2.45. The molecular weight excluding hydrogens is 254 g/mol. The van der Waals surface area contributed by atoms with Crippen LogP contribution in [0.2, 0.25) is 0 Å². The van der Waals surface area contributed by atoms with Crippen LogP contribution in [0.3, 0.4) is 0 Å². The predicted molar refractivity (Wildman–Crippen MR) is 91.4 cm³/mol. The number of rotatable bonds is 6. The first-order valence-corrected chi connectivity index (χ1v) is 8.52. The van der Waals surface area contributed by atoms with Gasteiger partial charge in [-0.25, -0.2) is 0 Å². The Balaban J connectivity index is 2.28. The van der Waals surface area contributed by atoms with Crippen molar-refractivity contribution in [3.05, 3.63) is 35.9 Å². The standard InChI is InChI=1S/C20H29N/c1-3-5-8-15-19(21-4-2)20(16-11-7-12-17-20)18-13-9-6-10-14-18/h6,9-10,13-14,19,21H,4,7-8,11-12,15-17H2,1-2H3. The normalized spacial score (nSPS) is 18.6. The average Bonchev–Trinajstić information content (AvgIpc) is 2.56. The zero-order valence-corrected chi connectivity index (χ0v) is 13.6. The molecule has 1 atom stereocenters. The second-order valence-corrected chi connectivity index (χ2v) is 6.16. The van der Waals surface area contributed by atoms with Gasteiger partial charge in [0.05, 0.1) is 0 Å². The van der Waals surface area contributed by atoms with Crippen molar-refractivity contribution in [2.75, 3.05) is 6.54 Å². The summed E-state index contributed by atoms with van der Waals surface area (Å²) in [4.78, 5) is 0. The van der Waals surface area contributed by atoms with Crippen LogP contribution in [0.1, 0.15) is 64.4 Å². The summed E-state index contributed by atoms with van der Waals surface area (Å²) in [6, 6.07) is 11.7. The maximum absolute atomic E-state index is 3.78. The Morgan fingerprint density at radius 3 is 2.48 bits per heavy atom. The lowest BCUT2D eigenvalue weighted by Crippen LogP contribution is -2.49. The van der Waals surface area contributed by atoms with Crippen LogP contribution in [-0.4, -0.2) is 12.6 Å². The number of hydrogen-bond donors (Lipinski definition) is 1. The molecule has 1 heteroatoms. The summed E-state index contributed by atoms with van der Waals surface area (Å²) in [6.45, 7) is 5.20. The van der Waals surface area contributed by atoms with E-state index in [-0.39, 0.29) is 0 Å². The van der Waals surface area contributed by atoms with Gasteiger partial charge in [0.25, 0.3) is 0 Å². The van der Waals surface area contributed by atoms with Crippen molar-refractivity contribution in [3.63, 3.8) is 0 Å². The van der Waals surface area contributed by atoms with Crippen LogP contribution in [0.15, 0.2) is 30.3 Å². The highest BCUT2D eigenvalue weighted by atomic mass is 14.9. The molecule has 1 N–H and O–H groups in total. The van der Waals surface area contributed by atoms with Crippen molar-refractivity contribution in [1.82, 2.24) is 5.32 Å². The molecule has 0 saturated heterocycles. The van der Waals surface area contributed by atoms with Crippen molar-refractivity contribution in [2.24, 2.45) is 0 Å². The molecule has 2 rings (SSSR count). The SMILES string of the molecule is CC#CCCC(NCC)C1(c2ccccc2)CCCCC1. The zero-order valence-electron chi connectivity index (χ0n) is 13.6. The molecule has 0 radical (unpaired) electrons. The van der Waals surface area contributed by atoms with Gasteiger partial charge in [-0.2, -0.15) is 0 Å². The maximum atomic E-state index is 3.78. The third-order valence-electron chi connectivity index (χ3n) is 4.95. The van der Waals surface area contributed by atoms with E-state index in [4.69, 9.17) is 0 Å². The van der Waals surface area contributed by atoms with Gasteiger partial charge < -0.3 is 5.32 Å². The number of benzene rings is 1. The van der Waals surface area contributed by atoms with Gasteiger partial charge in [0.1, 0.15) is 0 Å². The van der Waals surface area contributed by atoms with E-state index in [0.717, 1.165) is 19.4 Å². The summed E-state index contributed by atoms with van der Waals surface area (Å²) in [5.74, 6) is 6.30. The van der Waals surface area contributed by atoms with E-state index >= 15 is 0 Å². The Morgan fingerprint density at radius 2 is 1.86 bits per heavy atom. The third kappa shape index (κ3) is 3.89. The lowest BCUT2D eigenvalue weighted by molar-refractivity contribution is 0.206. The van der Waals surface area contributed by atoms with Gasteiger partial charge in [0.15, 0.2) is 0 Å². The number of likely N-dealkylation sites (N-methyl/N-ethyl adjacent to an activating group) is 1. The van der Waals surface area contributed by atoms with Gasteiger partial charge in [0.2, 0.25) is 0 Å². The molecule has 0 aromatic heterocycles. The van der Waals surface area contributed by atoms with E-state index in [9.17, 15) is 0 Å². The Morgan fingerprint density at radius 1 is 1.14 bits per heavy atom. The predicted octanol–water partition coefficient (Wildman–Crippen LogP) is 4.67. The Labute approximate surface area is 130 Å². The largest absolute Gasteiger partial charge is 0.313 e. The summed E-state index contributed by atoms with van der Waals surface area (Å²) < 4.78 is 0. The summed E-state index contributed by atoms with van der Waals surface area (Å²) in [5, 5.41) is 3.78. The first-order valence-electron chi connectivity index (χ1n) is 8.52. The Hall–Kier alpha value is -1.26. The highest BCUT2D eigenvalue weighted by Crippen LogP contribution is 2.43. The molecule has 1 fully saturated rings. The van der Waals surface area contributed by atoms with Crippen LogP contribution in [0.25, 0.3) is 0 Å². The van der Waals surface area contributed by atoms with Gasteiger partial charge in [-0.3, -0.25) is 0 Å². The Kier molecular flexibility index (Phi) is 6.33. The highest BCUT2D eigenvalue weighted by molar-refractivity contribution is 5.29. The topological polar surface area (TPSA) is 12.0 Å². The van der Waals surface area contributed by atoms with Gasteiger partial charge in [-0.15, -0.1) is 11.8 Å². The molecule has 1 aliphatic carbocycles. The molecule has 1 aromatic rings. The quantitative estimate of drug-likeness (QED) is 0.748. The van der Waals surface area contributed by atoms with E-state index in [0.29, 0.717) is 11.5 Å². The fourth-order valence-electron chi connectivity index (χ4n) is 3.95. The second kappa shape index (κ2) is 8.25. The van der Waals surface area contributed by atoms with Crippen molar-refractivity contribution >= 4 is 0 Å². The summed E-state index contributed by atoms with van der Waals surface area (Å²) in [7, 11) is 0. The van der Waals surface area contributed by atoms with Crippen LogP contribution in [0.4, 0.5) is 0 Å². The molecule has 114 valence electrons. The van der Waals surface area contributed by atoms with Crippen molar-refractivity contribution in [3.8, 4) is 11.8 Å². The minimum absolute atomic E-state index is 0.310. The number of nitrogens with one attached hydrogen (secondary N) is 1. The van der Waals surface area contributed by atoms with Crippen molar-refractivity contribution in [2.45, 2.75) is 70.3 Å². The lowest BCUT2D eigenvalue weighted by atomic mass is 9.64. The molecule has 0 bridgehead atoms. The first-order chi connectivity index (χ1) is 10.3. The fraction of sp³-hybridized carbons (Fsp3) is 0.600. The summed E-state index contributed by atoms with van der Waals surface area (Å²) in [6.07, 6.45) is 8.89. The fourth-order valence-corrected chi connectivity index (χ4v) is 3.95. The van der Waals surface area contributed by atoms with Gasteiger partial charge in [-0.05, 0) is 38.3 Å². The average molecular weight is 283 g/mol. The first kappa shape index (κ1) is 16.1. The van der Waals surface area contributed by atoms with Gasteiger partial charge in [-0.1, -0.05) is 56.5 Å². The van der Waals surface area contributed by atoms with Crippen molar-refractivity contribution in [1.29, 1.82) is 0 Å². The van der Waals surface area contributed by atoms with Crippen LogP contribution in [0.5, 0.6) is 0 Å². The minimum atomic E-state index is 0.310. The molecule has 1 aromatic carbocycles. The molecule has 0 amide bonds. The smallest absolute Gasteiger partial charge is 0.0173 e.